The van der Waals surface area contributed by atoms with Gasteiger partial charge in [-0.15, -0.1) is 0 Å². The quantitative estimate of drug-likeness (QED) is 0.674. The smallest absolute Gasteiger partial charge is 0.292 e. The molecule has 1 aromatic rings. The number of imide groups is 1. The molecule has 2 rings (SSSR count). The molecule has 16 heavy (non-hydrogen) atoms. The standard InChI is InChI=1S/C9H5F3N2O2/c10-9(11,12)4-1-2-13-5-3-6(15)14-8(16)7(4)5/h1-2H,3H2,(H,14,15,16). The first kappa shape index (κ1) is 10.6. The summed E-state index contributed by atoms with van der Waals surface area (Å²) >= 11 is 0. The second kappa shape index (κ2) is 3.29. The Kier molecular flexibility index (Phi) is 2.18. The third-order valence-electron chi connectivity index (χ3n) is 2.14. The summed E-state index contributed by atoms with van der Waals surface area (Å²) in [5.41, 5.74) is -1.76. The van der Waals surface area contributed by atoms with Crippen molar-refractivity contribution in [2.75, 3.05) is 0 Å². The van der Waals surface area contributed by atoms with Gasteiger partial charge in [-0.3, -0.25) is 19.9 Å². The van der Waals surface area contributed by atoms with E-state index in [0.717, 1.165) is 6.20 Å². The number of nitrogens with zero attached hydrogens (tertiary/aromatic N) is 1. The number of amides is 2. The van der Waals surface area contributed by atoms with Crippen molar-refractivity contribution in [3.63, 3.8) is 0 Å². The fourth-order valence-corrected chi connectivity index (χ4v) is 1.51. The molecule has 0 bridgehead atoms. The van der Waals surface area contributed by atoms with Crippen molar-refractivity contribution in [3.05, 3.63) is 29.1 Å². The molecule has 0 radical (unpaired) electrons. The van der Waals surface area contributed by atoms with Crippen LogP contribution in [0.3, 0.4) is 0 Å². The summed E-state index contributed by atoms with van der Waals surface area (Å²) in [5, 5.41) is 1.83. The Balaban J connectivity index is 2.64. The minimum Gasteiger partial charge on any atom is -0.292 e. The molecule has 2 amide bonds. The summed E-state index contributed by atoms with van der Waals surface area (Å²) < 4.78 is 37.7. The zero-order chi connectivity index (χ0) is 11.9. The first-order chi connectivity index (χ1) is 7.39. The highest BCUT2D eigenvalue weighted by atomic mass is 19.4. The SMILES string of the molecule is O=C1Cc2nccc(C(F)(F)F)c2C(=O)N1. The highest BCUT2D eigenvalue weighted by Gasteiger charge is 2.38. The van der Waals surface area contributed by atoms with Gasteiger partial charge in [-0.25, -0.2) is 0 Å². The Labute approximate surface area is 87.5 Å². The molecular weight excluding hydrogens is 225 g/mol. The summed E-state index contributed by atoms with van der Waals surface area (Å²) in [6, 6.07) is 0.716. The summed E-state index contributed by atoms with van der Waals surface area (Å²) in [4.78, 5) is 25.8. The monoisotopic (exact) mass is 230 g/mol. The number of rotatable bonds is 0. The molecule has 0 saturated carbocycles. The van der Waals surface area contributed by atoms with Gasteiger partial charge in [0.1, 0.15) is 0 Å². The van der Waals surface area contributed by atoms with E-state index in [2.05, 4.69) is 4.98 Å². The van der Waals surface area contributed by atoms with E-state index in [0.29, 0.717) is 6.07 Å². The predicted molar refractivity (Wildman–Crippen MR) is 45.4 cm³/mol. The molecule has 0 aromatic carbocycles. The average Bonchev–Trinajstić information content (AvgIpc) is 2.14. The van der Waals surface area contributed by atoms with Gasteiger partial charge in [0.05, 0.1) is 23.2 Å². The van der Waals surface area contributed by atoms with Gasteiger partial charge in [0.2, 0.25) is 5.91 Å². The first-order valence-electron chi connectivity index (χ1n) is 4.29. The third kappa shape index (κ3) is 1.64. The van der Waals surface area contributed by atoms with Gasteiger partial charge in [0.25, 0.3) is 5.91 Å². The first-order valence-corrected chi connectivity index (χ1v) is 4.29. The van der Waals surface area contributed by atoms with Crippen LogP contribution >= 0.6 is 0 Å². The molecule has 4 nitrogen and oxygen atoms in total. The van der Waals surface area contributed by atoms with Crippen LogP contribution in [0, 0.1) is 0 Å². The van der Waals surface area contributed by atoms with Crippen LogP contribution in [-0.2, 0) is 17.4 Å². The minimum absolute atomic E-state index is 0.136. The van der Waals surface area contributed by atoms with Crippen LogP contribution in [-0.4, -0.2) is 16.8 Å². The molecule has 84 valence electrons. The molecule has 2 heterocycles. The molecule has 1 aromatic heterocycles. The number of aromatic nitrogens is 1. The number of hydrogen-bond donors (Lipinski definition) is 1. The van der Waals surface area contributed by atoms with Crippen molar-refractivity contribution in [2.24, 2.45) is 0 Å². The van der Waals surface area contributed by atoms with Gasteiger partial charge in [0, 0.05) is 6.20 Å². The van der Waals surface area contributed by atoms with Crippen LogP contribution < -0.4 is 5.32 Å². The van der Waals surface area contributed by atoms with Crippen molar-refractivity contribution in [3.8, 4) is 0 Å². The molecule has 0 atom stereocenters. The van der Waals surface area contributed by atoms with E-state index in [1.807, 2.05) is 5.32 Å². The van der Waals surface area contributed by atoms with E-state index in [9.17, 15) is 22.8 Å². The van der Waals surface area contributed by atoms with Crippen LogP contribution in [0.25, 0.3) is 0 Å². The zero-order valence-corrected chi connectivity index (χ0v) is 7.76. The molecule has 0 aliphatic carbocycles. The largest absolute Gasteiger partial charge is 0.417 e. The summed E-state index contributed by atoms with van der Waals surface area (Å²) in [5.74, 6) is -1.70. The summed E-state index contributed by atoms with van der Waals surface area (Å²) in [7, 11) is 0. The van der Waals surface area contributed by atoms with Crippen LogP contribution in [0.2, 0.25) is 0 Å². The fraction of sp³-hybridized carbons (Fsp3) is 0.222. The molecular formula is C9H5F3N2O2. The van der Waals surface area contributed by atoms with E-state index in [-0.39, 0.29) is 12.1 Å². The Bertz CT molecular complexity index is 482. The van der Waals surface area contributed by atoms with E-state index >= 15 is 0 Å². The van der Waals surface area contributed by atoms with Crippen LogP contribution in [0.1, 0.15) is 21.6 Å². The van der Waals surface area contributed by atoms with E-state index in [1.54, 1.807) is 0 Å². The average molecular weight is 230 g/mol. The topological polar surface area (TPSA) is 59.1 Å². The van der Waals surface area contributed by atoms with Crippen molar-refractivity contribution in [1.82, 2.24) is 10.3 Å². The number of halogens is 3. The van der Waals surface area contributed by atoms with Gasteiger partial charge in [0.15, 0.2) is 0 Å². The maximum atomic E-state index is 12.6. The van der Waals surface area contributed by atoms with Crippen LogP contribution in [0.4, 0.5) is 13.2 Å². The lowest BCUT2D eigenvalue weighted by atomic mass is 10.00. The number of fused-ring (bicyclic) bond motifs is 1. The van der Waals surface area contributed by atoms with Crippen LogP contribution in [0.15, 0.2) is 12.3 Å². The third-order valence-corrected chi connectivity index (χ3v) is 2.14. The van der Waals surface area contributed by atoms with E-state index in [4.69, 9.17) is 0 Å². The molecule has 1 aliphatic heterocycles. The Hall–Kier alpha value is -1.92. The van der Waals surface area contributed by atoms with Crippen molar-refractivity contribution >= 4 is 11.8 Å². The molecule has 1 aliphatic rings. The van der Waals surface area contributed by atoms with Crippen molar-refractivity contribution in [2.45, 2.75) is 12.6 Å². The van der Waals surface area contributed by atoms with Crippen LogP contribution in [0.5, 0.6) is 0 Å². The maximum Gasteiger partial charge on any atom is 0.417 e. The lowest BCUT2D eigenvalue weighted by Crippen LogP contribution is -2.39. The number of carbonyl (C=O) groups is 2. The van der Waals surface area contributed by atoms with E-state index in [1.165, 1.54) is 0 Å². The fourth-order valence-electron chi connectivity index (χ4n) is 1.51. The molecule has 0 unspecified atom stereocenters. The Morgan fingerprint density at radius 2 is 2.00 bits per heavy atom. The van der Waals surface area contributed by atoms with Gasteiger partial charge in [-0.1, -0.05) is 0 Å². The van der Waals surface area contributed by atoms with Gasteiger partial charge >= 0.3 is 6.18 Å². The summed E-state index contributed by atoms with van der Waals surface area (Å²) in [6.45, 7) is 0. The molecule has 0 saturated heterocycles. The lowest BCUT2D eigenvalue weighted by Gasteiger charge is -2.18. The van der Waals surface area contributed by atoms with Gasteiger partial charge in [-0.2, -0.15) is 13.2 Å². The molecule has 1 N–H and O–H groups in total. The number of hydrogen-bond acceptors (Lipinski definition) is 3. The van der Waals surface area contributed by atoms with Gasteiger partial charge < -0.3 is 0 Å². The number of pyridine rings is 1. The maximum absolute atomic E-state index is 12.6. The number of carbonyl (C=O) groups excluding carboxylic acids is 2. The Morgan fingerprint density at radius 1 is 1.31 bits per heavy atom. The number of alkyl halides is 3. The zero-order valence-electron chi connectivity index (χ0n) is 7.76. The molecule has 0 fully saturated rings. The Morgan fingerprint density at radius 3 is 2.62 bits per heavy atom. The molecule has 0 spiro atoms. The number of nitrogens with one attached hydrogen (secondary N) is 1. The normalized spacial score (nSPS) is 15.7. The van der Waals surface area contributed by atoms with Gasteiger partial charge in [-0.05, 0) is 6.07 Å². The predicted octanol–water partition coefficient (Wildman–Crippen LogP) is 0.913. The second-order valence-corrected chi connectivity index (χ2v) is 3.23. The van der Waals surface area contributed by atoms with Crippen molar-refractivity contribution in [1.29, 1.82) is 0 Å². The lowest BCUT2D eigenvalue weighted by molar-refractivity contribution is -0.138. The highest BCUT2D eigenvalue weighted by Crippen LogP contribution is 2.33. The second-order valence-electron chi connectivity index (χ2n) is 3.23. The summed E-state index contributed by atoms with van der Waals surface area (Å²) in [6.07, 6.45) is -4.01. The van der Waals surface area contributed by atoms with E-state index < -0.39 is 29.1 Å². The van der Waals surface area contributed by atoms with Crippen molar-refractivity contribution < 1.29 is 22.8 Å². The highest BCUT2D eigenvalue weighted by molar-refractivity contribution is 6.10. The minimum atomic E-state index is -4.63. The molecule has 7 heteroatoms.